The molecule has 1 N–H and O–H groups in total. The Hall–Kier alpha value is -1.17. The third kappa shape index (κ3) is 4.47. The van der Waals surface area contributed by atoms with Crippen LogP contribution in [0.3, 0.4) is 0 Å². The zero-order chi connectivity index (χ0) is 18.2. The minimum atomic E-state index is -4.69. The second kappa shape index (κ2) is 6.62. The lowest BCUT2D eigenvalue weighted by Gasteiger charge is -2.34. The van der Waals surface area contributed by atoms with Gasteiger partial charge in [0, 0.05) is 12.6 Å². The van der Waals surface area contributed by atoms with Gasteiger partial charge in [0.2, 0.25) is 10.0 Å². The van der Waals surface area contributed by atoms with Gasteiger partial charge >= 0.3 is 6.18 Å². The Bertz CT molecular complexity index is 805. The van der Waals surface area contributed by atoms with Crippen LogP contribution in [0.1, 0.15) is 24.8 Å². The van der Waals surface area contributed by atoms with Crippen LogP contribution in [0.4, 0.5) is 13.2 Å². The average Bonchev–Trinajstić information content (AvgIpc) is 2.45. The van der Waals surface area contributed by atoms with Gasteiger partial charge in [0.05, 0.1) is 16.2 Å². The minimum Gasteiger partial charge on any atom is -0.285 e. The standard InChI is InChI=1S/C13H16F3NO5S2/c14-13(15,16)10-4-3-6-12(8-10)24(21,22)17-7-2-1-5-11(17)9-23(18,19)20/h3-4,6,8,11H,1-2,5,7,9H2,(H,18,19,20). The molecule has 1 unspecified atom stereocenters. The largest absolute Gasteiger partial charge is 0.416 e. The number of alkyl halides is 3. The second-order valence-corrected chi connectivity index (χ2v) is 8.93. The van der Waals surface area contributed by atoms with E-state index >= 15 is 0 Å². The van der Waals surface area contributed by atoms with E-state index in [4.69, 9.17) is 4.55 Å². The van der Waals surface area contributed by atoms with Gasteiger partial charge in [-0.25, -0.2) is 8.42 Å². The number of piperidine rings is 1. The first kappa shape index (κ1) is 19.2. The molecule has 1 saturated heterocycles. The van der Waals surface area contributed by atoms with Crippen LogP contribution in [0.5, 0.6) is 0 Å². The lowest BCUT2D eigenvalue weighted by Crippen LogP contribution is -2.46. The molecule has 1 atom stereocenters. The summed E-state index contributed by atoms with van der Waals surface area (Å²) in [6.45, 7) is -0.0151. The van der Waals surface area contributed by atoms with Gasteiger partial charge in [-0.2, -0.15) is 25.9 Å². The molecule has 1 aliphatic rings. The molecule has 1 fully saturated rings. The van der Waals surface area contributed by atoms with Gasteiger partial charge in [0.1, 0.15) is 0 Å². The molecule has 11 heteroatoms. The minimum absolute atomic E-state index is 0.0151. The Morgan fingerprint density at radius 1 is 1.17 bits per heavy atom. The highest BCUT2D eigenvalue weighted by Gasteiger charge is 2.37. The molecular formula is C13H16F3NO5S2. The third-order valence-corrected chi connectivity index (χ3v) is 6.50. The topological polar surface area (TPSA) is 91.8 Å². The maximum atomic E-state index is 12.8. The van der Waals surface area contributed by atoms with Crippen molar-refractivity contribution in [1.82, 2.24) is 4.31 Å². The predicted molar refractivity (Wildman–Crippen MR) is 79.4 cm³/mol. The molecule has 1 aromatic rings. The fourth-order valence-corrected chi connectivity index (χ4v) is 5.33. The van der Waals surface area contributed by atoms with E-state index in [1.165, 1.54) is 0 Å². The van der Waals surface area contributed by atoms with Gasteiger partial charge in [-0.1, -0.05) is 12.5 Å². The van der Waals surface area contributed by atoms with Crippen molar-refractivity contribution in [2.24, 2.45) is 0 Å². The van der Waals surface area contributed by atoms with Crippen molar-refractivity contribution in [2.75, 3.05) is 12.3 Å². The van der Waals surface area contributed by atoms with Crippen LogP contribution >= 0.6 is 0 Å². The summed E-state index contributed by atoms with van der Waals surface area (Å²) < 4.78 is 95.6. The lowest BCUT2D eigenvalue weighted by atomic mass is 10.1. The molecule has 6 nitrogen and oxygen atoms in total. The number of benzene rings is 1. The van der Waals surface area contributed by atoms with Crippen LogP contribution in [0, 0.1) is 0 Å². The van der Waals surface area contributed by atoms with Crippen LogP contribution in [0.15, 0.2) is 29.2 Å². The van der Waals surface area contributed by atoms with Crippen LogP contribution < -0.4 is 0 Å². The van der Waals surface area contributed by atoms with E-state index in [9.17, 15) is 30.0 Å². The Kier molecular flexibility index (Phi) is 5.28. The number of halogens is 3. The number of nitrogens with zero attached hydrogens (tertiary/aromatic N) is 1. The highest BCUT2D eigenvalue weighted by atomic mass is 32.2. The van der Waals surface area contributed by atoms with E-state index in [1.807, 2.05) is 0 Å². The Morgan fingerprint density at radius 2 is 1.83 bits per heavy atom. The summed E-state index contributed by atoms with van der Waals surface area (Å²) in [5.41, 5.74) is -1.10. The second-order valence-electron chi connectivity index (χ2n) is 5.54. The van der Waals surface area contributed by atoms with E-state index in [0.717, 1.165) is 22.5 Å². The summed E-state index contributed by atoms with van der Waals surface area (Å²) in [5, 5.41) is 0. The third-order valence-electron chi connectivity index (χ3n) is 3.74. The first-order chi connectivity index (χ1) is 10.9. The molecule has 136 valence electrons. The molecule has 0 bridgehead atoms. The highest BCUT2D eigenvalue weighted by molar-refractivity contribution is 7.89. The molecule has 0 aliphatic carbocycles. The maximum Gasteiger partial charge on any atom is 0.416 e. The summed E-state index contributed by atoms with van der Waals surface area (Å²) in [7, 11) is -8.73. The average molecular weight is 387 g/mol. The summed E-state index contributed by atoms with van der Waals surface area (Å²) in [6, 6.07) is 2.29. The molecule has 1 heterocycles. The van der Waals surface area contributed by atoms with Gasteiger partial charge in [0.15, 0.2) is 0 Å². The van der Waals surface area contributed by atoms with Crippen molar-refractivity contribution in [3.8, 4) is 0 Å². The fraction of sp³-hybridized carbons (Fsp3) is 0.538. The first-order valence-electron chi connectivity index (χ1n) is 7.05. The number of rotatable bonds is 4. The zero-order valence-electron chi connectivity index (χ0n) is 12.4. The van der Waals surface area contributed by atoms with Crippen molar-refractivity contribution in [3.05, 3.63) is 29.8 Å². The van der Waals surface area contributed by atoms with Gasteiger partial charge in [-0.3, -0.25) is 4.55 Å². The molecule has 0 radical (unpaired) electrons. The van der Waals surface area contributed by atoms with Crippen molar-refractivity contribution >= 4 is 20.1 Å². The predicted octanol–water partition coefficient (Wildman–Crippen LogP) is 2.14. The molecule has 0 saturated carbocycles. The van der Waals surface area contributed by atoms with Gasteiger partial charge in [-0.05, 0) is 31.0 Å². The SMILES string of the molecule is O=S(=O)(O)CC1CCCCN1S(=O)(=O)c1cccc(C(F)(F)F)c1. The Balaban J connectivity index is 2.41. The molecule has 2 rings (SSSR count). The highest BCUT2D eigenvalue weighted by Crippen LogP contribution is 2.32. The summed E-state index contributed by atoms with van der Waals surface area (Å²) >= 11 is 0. The fourth-order valence-electron chi connectivity index (χ4n) is 2.67. The van der Waals surface area contributed by atoms with Crippen molar-refractivity contribution in [1.29, 1.82) is 0 Å². The normalized spacial score (nSPS) is 20.9. The molecule has 1 aliphatic heterocycles. The van der Waals surface area contributed by atoms with E-state index in [2.05, 4.69) is 0 Å². The summed E-state index contributed by atoms with van der Waals surface area (Å²) in [4.78, 5) is -0.556. The van der Waals surface area contributed by atoms with Crippen LogP contribution in [0.2, 0.25) is 0 Å². The molecular weight excluding hydrogens is 371 g/mol. The van der Waals surface area contributed by atoms with Gasteiger partial charge in [-0.15, -0.1) is 0 Å². The van der Waals surface area contributed by atoms with E-state index < -0.39 is 48.6 Å². The van der Waals surface area contributed by atoms with E-state index in [0.29, 0.717) is 18.9 Å². The van der Waals surface area contributed by atoms with Crippen molar-refractivity contribution in [2.45, 2.75) is 36.4 Å². The molecule has 1 aromatic carbocycles. The van der Waals surface area contributed by atoms with Crippen LogP contribution in [-0.2, 0) is 26.3 Å². The van der Waals surface area contributed by atoms with Crippen LogP contribution in [-0.4, -0.2) is 44.0 Å². The smallest absolute Gasteiger partial charge is 0.285 e. The number of sulfonamides is 1. The lowest BCUT2D eigenvalue weighted by molar-refractivity contribution is -0.137. The van der Waals surface area contributed by atoms with Gasteiger partial charge in [0.25, 0.3) is 10.1 Å². The maximum absolute atomic E-state index is 12.8. The molecule has 0 spiro atoms. The quantitative estimate of drug-likeness (QED) is 0.799. The first-order valence-corrected chi connectivity index (χ1v) is 10.1. The van der Waals surface area contributed by atoms with Crippen molar-refractivity contribution < 1.29 is 34.6 Å². The summed E-state index contributed by atoms with van der Waals surface area (Å²) in [5.74, 6) is -0.787. The van der Waals surface area contributed by atoms with Crippen LogP contribution in [0.25, 0.3) is 0 Å². The Morgan fingerprint density at radius 3 is 2.42 bits per heavy atom. The zero-order valence-corrected chi connectivity index (χ0v) is 14.0. The molecule has 0 amide bonds. The van der Waals surface area contributed by atoms with Crippen molar-refractivity contribution in [3.63, 3.8) is 0 Å². The molecule has 24 heavy (non-hydrogen) atoms. The monoisotopic (exact) mass is 387 g/mol. The number of hydrogen-bond acceptors (Lipinski definition) is 4. The van der Waals surface area contributed by atoms with E-state index in [-0.39, 0.29) is 13.0 Å². The number of hydrogen-bond donors (Lipinski definition) is 1. The van der Waals surface area contributed by atoms with E-state index in [1.54, 1.807) is 0 Å². The molecule has 0 aromatic heterocycles. The summed E-state index contributed by atoms with van der Waals surface area (Å²) in [6.07, 6.45) is -3.46. The Labute approximate surface area is 138 Å². The van der Waals surface area contributed by atoms with Gasteiger partial charge < -0.3 is 0 Å².